The van der Waals surface area contributed by atoms with Crippen molar-refractivity contribution in [2.45, 2.75) is 26.9 Å². The lowest BCUT2D eigenvalue weighted by atomic mass is 10.1. The number of halogens is 3. The van der Waals surface area contributed by atoms with Gasteiger partial charge < -0.3 is 9.05 Å². The molecule has 1 aromatic carbocycles. The molecule has 0 aliphatic heterocycles. The quantitative estimate of drug-likeness (QED) is 0.750. The fourth-order valence-electron chi connectivity index (χ4n) is 2.41. The van der Waals surface area contributed by atoms with E-state index in [1.54, 1.807) is 32.0 Å². The van der Waals surface area contributed by atoms with Crippen LogP contribution in [-0.4, -0.2) is 18.2 Å². The van der Waals surface area contributed by atoms with E-state index in [1.807, 2.05) is 0 Å². The highest BCUT2D eigenvalue weighted by Crippen LogP contribution is 2.51. The third-order valence-electron chi connectivity index (χ3n) is 3.26. The van der Waals surface area contributed by atoms with Crippen molar-refractivity contribution in [1.82, 2.24) is 4.98 Å². The van der Waals surface area contributed by atoms with E-state index in [9.17, 15) is 17.7 Å². The summed E-state index contributed by atoms with van der Waals surface area (Å²) in [7, 11) is -4.13. The van der Waals surface area contributed by atoms with Gasteiger partial charge in [-0.1, -0.05) is 18.2 Å². The number of benzene rings is 1. The molecule has 0 aliphatic rings. The summed E-state index contributed by atoms with van der Waals surface area (Å²) in [5.41, 5.74) is -0.840. The molecule has 8 heteroatoms. The SMILES string of the molecule is CCOP(=O)(OCC)c1c(C(F)(F)F)nc2ccccc2c1C. The number of para-hydroxylation sites is 1. The molecule has 0 fully saturated rings. The second-order valence-corrected chi connectivity index (χ2v) is 6.74. The van der Waals surface area contributed by atoms with E-state index in [0.29, 0.717) is 5.39 Å². The van der Waals surface area contributed by atoms with Crippen LogP contribution in [0.2, 0.25) is 0 Å². The van der Waals surface area contributed by atoms with Crippen LogP contribution in [-0.2, 0) is 19.8 Å². The van der Waals surface area contributed by atoms with Crippen LogP contribution in [0.3, 0.4) is 0 Å². The molecule has 4 nitrogen and oxygen atoms in total. The molecular weight excluding hydrogens is 330 g/mol. The Morgan fingerprint density at radius 2 is 1.70 bits per heavy atom. The van der Waals surface area contributed by atoms with Gasteiger partial charge in [0.2, 0.25) is 0 Å². The van der Waals surface area contributed by atoms with Gasteiger partial charge in [-0.25, -0.2) is 4.98 Å². The number of rotatable bonds is 5. The largest absolute Gasteiger partial charge is 0.434 e. The van der Waals surface area contributed by atoms with Crippen LogP contribution in [0.4, 0.5) is 13.2 Å². The molecule has 0 N–H and O–H groups in total. The zero-order valence-corrected chi connectivity index (χ0v) is 13.9. The van der Waals surface area contributed by atoms with Crippen LogP contribution in [0.25, 0.3) is 10.9 Å². The monoisotopic (exact) mass is 347 g/mol. The zero-order valence-electron chi connectivity index (χ0n) is 13.0. The number of hydrogen-bond acceptors (Lipinski definition) is 4. The molecule has 0 amide bonds. The first-order valence-corrected chi connectivity index (χ1v) is 8.65. The second-order valence-electron chi connectivity index (χ2n) is 4.78. The van der Waals surface area contributed by atoms with E-state index in [1.165, 1.54) is 13.0 Å². The van der Waals surface area contributed by atoms with Crippen molar-refractivity contribution >= 4 is 23.8 Å². The molecule has 0 saturated heterocycles. The molecule has 0 bridgehead atoms. The number of hydrogen-bond donors (Lipinski definition) is 0. The summed E-state index contributed by atoms with van der Waals surface area (Å²) < 4.78 is 63.6. The molecule has 23 heavy (non-hydrogen) atoms. The third-order valence-corrected chi connectivity index (χ3v) is 5.55. The minimum Gasteiger partial charge on any atom is -0.305 e. The average molecular weight is 347 g/mol. The normalized spacial score (nSPS) is 12.8. The number of nitrogens with zero attached hydrogens (tertiary/aromatic N) is 1. The maximum atomic E-state index is 13.5. The van der Waals surface area contributed by atoms with Crippen molar-refractivity contribution in [3.05, 3.63) is 35.5 Å². The topological polar surface area (TPSA) is 48.4 Å². The van der Waals surface area contributed by atoms with Crippen LogP contribution in [0.1, 0.15) is 25.1 Å². The lowest BCUT2D eigenvalue weighted by Gasteiger charge is -2.23. The summed E-state index contributed by atoms with van der Waals surface area (Å²) in [6.07, 6.45) is -4.77. The summed E-state index contributed by atoms with van der Waals surface area (Å²) >= 11 is 0. The Morgan fingerprint density at radius 1 is 1.13 bits per heavy atom. The van der Waals surface area contributed by atoms with Crippen LogP contribution < -0.4 is 5.30 Å². The molecule has 1 aromatic heterocycles. The molecule has 1 heterocycles. The summed E-state index contributed by atoms with van der Waals surface area (Å²) in [5, 5.41) is -0.0254. The first-order valence-electron chi connectivity index (χ1n) is 7.10. The second kappa shape index (κ2) is 6.59. The lowest BCUT2D eigenvalue weighted by molar-refractivity contribution is -0.140. The van der Waals surface area contributed by atoms with Gasteiger partial charge in [0, 0.05) is 5.39 Å². The maximum absolute atomic E-state index is 13.5. The van der Waals surface area contributed by atoms with Crippen LogP contribution >= 0.6 is 7.60 Å². The molecule has 2 rings (SSSR count). The minimum absolute atomic E-state index is 0.0408. The van der Waals surface area contributed by atoms with Gasteiger partial charge in [-0.05, 0) is 32.4 Å². The predicted molar refractivity (Wildman–Crippen MR) is 82.0 cm³/mol. The zero-order chi connectivity index (χ0) is 17.3. The first kappa shape index (κ1) is 17.9. The van der Waals surface area contributed by atoms with Crippen molar-refractivity contribution in [3.63, 3.8) is 0 Å². The molecule has 0 radical (unpaired) electrons. The summed E-state index contributed by atoms with van der Waals surface area (Å²) in [4.78, 5) is 3.68. The van der Waals surface area contributed by atoms with Gasteiger partial charge in [-0.3, -0.25) is 4.57 Å². The van der Waals surface area contributed by atoms with Gasteiger partial charge in [-0.15, -0.1) is 0 Å². The molecule has 2 aromatic rings. The van der Waals surface area contributed by atoms with E-state index in [0.717, 1.165) is 0 Å². The molecule has 0 saturated carbocycles. The van der Waals surface area contributed by atoms with E-state index < -0.39 is 24.8 Å². The number of alkyl halides is 3. The predicted octanol–water partition coefficient (Wildman–Crippen LogP) is 4.45. The highest BCUT2D eigenvalue weighted by Gasteiger charge is 2.44. The number of aromatic nitrogens is 1. The van der Waals surface area contributed by atoms with Crippen molar-refractivity contribution < 1.29 is 26.8 Å². The first-order chi connectivity index (χ1) is 10.7. The Kier molecular flexibility index (Phi) is 5.14. The molecular formula is C15H17F3NO3P. The number of pyridine rings is 1. The Balaban J connectivity index is 2.88. The van der Waals surface area contributed by atoms with Gasteiger partial charge >= 0.3 is 13.8 Å². The fraction of sp³-hybridized carbons (Fsp3) is 0.400. The molecule has 126 valence electrons. The van der Waals surface area contributed by atoms with Crippen molar-refractivity contribution in [1.29, 1.82) is 0 Å². The lowest BCUT2D eigenvalue weighted by Crippen LogP contribution is -2.26. The number of fused-ring (bicyclic) bond motifs is 1. The van der Waals surface area contributed by atoms with Gasteiger partial charge in [0.25, 0.3) is 0 Å². The van der Waals surface area contributed by atoms with Crippen molar-refractivity contribution in [2.24, 2.45) is 0 Å². The van der Waals surface area contributed by atoms with E-state index in [-0.39, 0.29) is 24.3 Å². The van der Waals surface area contributed by atoms with Crippen LogP contribution in [0, 0.1) is 6.92 Å². The summed E-state index contributed by atoms with van der Waals surface area (Å²) in [5.74, 6) is 0. The van der Waals surface area contributed by atoms with E-state index in [4.69, 9.17) is 9.05 Å². The van der Waals surface area contributed by atoms with Gasteiger partial charge in [0.15, 0.2) is 5.69 Å². The Hall–Kier alpha value is -1.43. The highest BCUT2D eigenvalue weighted by atomic mass is 31.2. The molecule has 0 atom stereocenters. The van der Waals surface area contributed by atoms with Gasteiger partial charge in [0.1, 0.15) is 0 Å². The molecule has 0 spiro atoms. The average Bonchev–Trinajstić information content (AvgIpc) is 2.46. The highest BCUT2D eigenvalue weighted by molar-refractivity contribution is 7.62. The molecule has 0 unspecified atom stereocenters. The fourth-order valence-corrected chi connectivity index (χ4v) is 4.39. The smallest absolute Gasteiger partial charge is 0.305 e. The standard InChI is InChI=1S/C15H17F3NO3P/c1-4-21-23(20,22-5-2)13-10(3)11-8-6-7-9-12(11)19-14(13)15(16,17)18/h6-9H,4-5H2,1-3H3. The van der Waals surface area contributed by atoms with Crippen molar-refractivity contribution in [3.8, 4) is 0 Å². The molecule has 0 aliphatic carbocycles. The maximum Gasteiger partial charge on any atom is 0.434 e. The Bertz CT molecular complexity index is 751. The third kappa shape index (κ3) is 3.42. The van der Waals surface area contributed by atoms with Crippen molar-refractivity contribution in [2.75, 3.05) is 13.2 Å². The van der Waals surface area contributed by atoms with Gasteiger partial charge in [0.05, 0.1) is 24.0 Å². The van der Waals surface area contributed by atoms with Gasteiger partial charge in [-0.2, -0.15) is 13.2 Å². The minimum atomic E-state index is -4.77. The van der Waals surface area contributed by atoms with E-state index in [2.05, 4.69) is 4.98 Å². The Morgan fingerprint density at radius 3 is 2.22 bits per heavy atom. The summed E-state index contributed by atoms with van der Waals surface area (Å²) in [6, 6.07) is 6.39. The summed E-state index contributed by atoms with van der Waals surface area (Å²) in [6.45, 7) is 4.48. The van der Waals surface area contributed by atoms with Crippen LogP contribution in [0.5, 0.6) is 0 Å². The van der Waals surface area contributed by atoms with E-state index >= 15 is 0 Å². The Labute approximate surface area is 132 Å². The number of aryl methyl sites for hydroxylation is 1. The van der Waals surface area contributed by atoms with Crippen LogP contribution in [0.15, 0.2) is 24.3 Å².